The second-order valence-electron chi connectivity index (χ2n) is 6.70. The normalized spacial score (nSPS) is 13.5. The van der Waals surface area contributed by atoms with E-state index >= 15 is 0 Å². The van der Waals surface area contributed by atoms with Gasteiger partial charge in [-0.25, -0.2) is 9.59 Å². The molecule has 0 spiro atoms. The van der Waals surface area contributed by atoms with E-state index in [2.05, 4.69) is 10.3 Å². The Balaban J connectivity index is 5.07. The van der Waals surface area contributed by atoms with Crippen LogP contribution in [-0.2, 0) is 14.3 Å². The molecule has 3 N–H and O–H groups in total. The summed E-state index contributed by atoms with van der Waals surface area (Å²) in [5.74, 6) is -0.544. The van der Waals surface area contributed by atoms with Crippen molar-refractivity contribution in [3.63, 3.8) is 0 Å². The number of nitrogens with zero attached hydrogens (tertiary/aromatic N) is 1. The minimum absolute atomic E-state index is 0.144. The number of aliphatic imine (C=N–C) groups is 1. The fourth-order valence-corrected chi connectivity index (χ4v) is 1.52. The van der Waals surface area contributed by atoms with Crippen molar-refractivity contribution in [3.8, 4) is 0 Å². The van der Waals surface area contributed by atoms with E-state index in [-0.39, 0.29) is 18.9 Å². The Morgan fingerprint density at radius 1 is 1.22 bits per heavy atom. The molecule has 7 nitrogen and oxygen atoms in total. The highest BCUT2D eigenvalue weighted by Gasteiger charge is 2.24. The molecular weight excluding hydrogens is 298 g/mol. The summed E-state index contributed by atoms with van der Waals surface area (Å²) in [5, 5.41) is 2.64. The lowest BCUT2D eigenvalue weighted by Crippen LogP contribution is -2.41. The summed E-state index contributed by atoms with van der Waals surface area (Å²) >= 11 is 0. The molecular formula is C16H29N3O4. The average molecular weight is 327 g/mol. The monoisotopic (exact) mass is 327 g/mol. The molecule has 0 rings (SSSR count). The Morgan fingerprint density at radius 2 is 1.78 bits per heavy atom. The number of carbonyl (C=O) groups excluding carboxylic acids is 2. The number of amides is 1. The molecule has 0 saturated carbocycles. The Bertz CT molecular complexity index is 488. The third-order valence-corrected chi connectivity index (χ3v) is 2.57. The highest BCUT2D eigenvalue weighted by molar-refractivity contribution is 6.43. The quantitative estimate of drug-likeness (QED) is 0.575. The highest BCUT2D eigenvalue weighted by Crippen LogP contribution is 2.13. The van der Waals surface area contributed by atoms with E-state index in [0.29, 0.717) is 5.57 Å². The van der Waals surface area contributed by atoms with Crippen molar-refractivity contribution in [1.82, 2.24) is 5.32 Å². The van der Waals surface area contributed by atoms with Gasteiger partial charge in [-0.2, -0.15) is 0 Å². The molecule has 0 aliphatic heterocycles. The lowest BCUT2D eigenvalue weighted by molar-refractivity contribution is -0.135. The minimum Gasteiger partial charge on any atom is -0.461 e. The van der Waals surface area contributed by atoms with Crippen molar-refractivity contribution in [2.24, 2.45) is 10.7 Å². The maximum Gasteiger partial charge on any atom is 0.407 e. The zero-order valence-electron chi connectivity index (χ0n) is 15.1. The number of hydrogen-bond acceptors (Lipinski definition) is 6. The fraction of sp³-hybridized carbons (Fsp3) is 0.688. The first-order chi connectivity index (χ1) is 10.4. The molecule has 0 heterocycles. The molecule has 132 valence electrons. The van der Waals surface area contributed by atoms with Gasteiger partial charge >= 0.3 is 12.1 Å². The van der Waals surface area contributed by atoms with E-state index in [1.165, 1.54) is 6.20 Å². The van der Waals surface area contributed by atoms with Crippen LogP contribution in [0.3, 0.4) is 0 Å². The maximum absolute atomic E-state index is 12.0. The van der Waals surface area contributed by atoms with Gasteiger partial charge in [0.1, 0.15) is 11.3 Å². The van der Waals surface area contributed by atoms with Crippen molar-refractivity contribution < 1.29 is 19.1 Å². The molecule has 0 bridgehead atoms. The molecule has 0 unspecified atom stereocenters. The zero-order valence-corrected chi connectivity index (χ0v) is 15.1. The number of rotatable bonds is 6. The van der Waals surface area contributed by atoms with Crippen molar-refractivity contribution in [1.29, 1.82) is 0 Å². The number of nitrogens with two attached hydrogens (primary N) is 1. The van der Waals surface area contributed by atoms with E-state index < -0.39 is 23.2 Å². The largest absolute Gasteiger partial charge is 0.461 e. The van der Waals surface area contributed by atoms with Gasteiger partial charge in [0.2, 0.25) is 0 Å². The van der Waals surface area contributed by atoms with Gasteiger partial charge in [0, 0.05) is 6.54 Å². The number of esters is 1. The molecule has 0 aliphatic carbocycles. The number of alkyl carbamates (subject to hydrolysis) is 1. The first-order valence-electron chi connectivity index (χ1n) is 7.54. The lowest BCUT2D eigenvalue weighted by atomic mass is 10.1. The van der Waals surface area contributed by atoms with Crippen LogP contribution in [0.2, 0.25) is 0 Å². The summed E-state index contributed by atoms with van der Waals surface area (Å²) in [4.78, 5) is 28.1. The van der Waals surface area contributed by atoms with Gasteiger partial charge in [-0.15, -0.1) is 0 Å². The van der Waals surface area contributed by atoms with E-state index in [9.17, 15) is 9.59 Å². The van der Waals surface area contributed by atoms with Crippen LogP contribution in [-0.4, -0.2) is 42.1 Å². The fourth-order valence-electron chi connectivity index (χ4n) is 1.52. The van der Waals surface area contributed by atoms with Gasteiger partial charge in [0.05, 0.1) is 12.1 Å². The molecule has 23 heavy (non-hydrogen) atoms. The Morgan fingerprint density at radius 3 is 2.22 bits per heavy atom. The summed E-state index contributed by atoms with van der Waals surface area (Å²) in [6, 6.07) is 0. The van der Waals surface area contributed by atoms with E-state index in [1.54, 1.807) is 48.5 Å². The second-order valence-corrected chi connectivity index (χ2v) is 6.70. The summed E-state index contributed by atoms with van der Waals surface area (Å²) in [6.07, 6.45) is 0.761. The van der Waals surface area contributed by atoms with Crippen LogP contribution in [0.5, 0.6) is 0 Å². The van der Waals surface area contributed by atoms with Crippen LogP contribution in [0, 0.1) is 0 Å². The van der Waals surface area contributed by atoms with Crippen LogP contribution < -0.4 is 11.1 Å². The number of nitrogens with one attached hydrogen (secondary N) is 1. The number of ether oxygens (including phenoxy) is 2. The number of carbonyl (C=O) groups is 2. The van der Waals surface area contributed by atoms with Crippen molar-refractivity contribution in [2.75, 3.05) is 13.2 Å². The maximum atomic E-state index is 12.0. The molecule has 0 radical (unpaired) electrons. The van der Waals surface area contributed by atoms with Gasteiger partial charge < -0.3 is 20.5 Å². The predicted molar refractivity (Wildman–Crippen MR) is 90.3 cm³/mol. The highest BCUT2D eigenvalue weighted by atomic mass is 16.6. The van der Waals surface area contributed by atoms with Crippen LogP contribution in [0.25, 0.3) is 0 Å². The molecule has 0 aliphatic rings. The average Bonchev–Trinajstić information content (AvgIpc) is 2.40. The second kappa shape index (κ2) is 8.55. The van der Waals surface area contributed by atoms with Gasteiger partial charge in [-0.05, 0) is 60.2 Å². The van der Waals surface area contributed by atoms with Gasteiger partial charge in [0.15, 0.2) is 0 Å². The third kappa shape index (κ3) is 8.85. The van der Waals surface area contributed by atoms with Gasteiger partial charge in [-0.3, -0.25) is 4.99 Å². The van der Waals surface area contributed by atoms with Gasteiger partial charge in [0.25, 0.3) is 0 Å². The van der Waals surface area contributed by atoms with Crippen molar-refractivity contribution >= 4 is 17.8 Å². The summed E-state index contributed by atoms with van der Waals surface area (Å²) in [7, 11) is 0. The van der Waals surface area contributed by atoms with Crippen LogP contribution in [0.15, 0.2) is 16.8 Å². The first kappa shape index (κ1) is 20.9. The minimum atomic E-state index is -0.733. The first-order valence-corrected chi connectivity index (χ1v) is 7.54. The van der Waals surface area contributed by atoms with E-state index in [4.69, 9.17) is 15.2 Å². The zero-order chi connectivity index (χ0) is 18.3. The Labute approximate surface area is 138 Å². The topological polar surface area (TPSA) is 103 Å². The Kier molecular flexibility index (Phi) is 7.79. The molecule has 0 aromatic heterocycles. The molecule has 7 heteroatoms. The smallest absolute Gasteiger partial charge is 0.407 e. The van der Waals surface area contributed by atoms with E-state index in [0.717, 1.165) is 0 Å². The lowest BCUT2D eigenvalue weighted by Gasteiger charge is -2.24. The van der Waals surface area contributed by atoms with E-state index in [1.807, 2.05) is 0 Å². The van der Waals surface area contributed by atoms with Crippen molar-refractivity contribution in [2.45, 2.75) is 59.6 Å². The number of hydrogen-bond donors (Lipinski definition) is 2. The van der Waals surface area contributed by atoms with Crippen molar-refractivity contribution in [3.05, 3.63) is 11.8 Å². The molecule has 0 atom stereocenters. The summed E-state index contributed by atoms with van der Waals surface area (Å²) in [5.41, 5.74) is 4.82. The molecule has 1 amide bonds. The van der Waals surface area contributed by atoms with Crippen LogP contribution in [0.4, 0.5) is 4.79 Å². The third-order valence-electron chi connectivity index (χ3n) is 2.57. The summed E-state index contributed by atoms with van der Waals surface area (Å²) < 4.78 is 10.2. The molecule has 0 aromatic rings. The molecule has 0 fully saturated rings. The SMILES string of the molecule is CCOC(=O)C(=NC(C)(C)CNC(=O)OC(C)(C)C)C(C)=CN. The summed E-state index contributed by atoms with van der Waals surface area (Å²) in [6.45, 7) is 12.7. The predicted octanol–water partition coefficient (Wildman–Crippen LogP) is 2.16. The molecule has 0 aromatic carbocycles. The van der Waals surface area contributed by atoms with Crippen LogP contribution in [0.1, 0.15) is 48.5 Å². The standard InChI is InChI=1S/C16H29N3O4/c1-8-22-13(20)12(11(2)9-17)19-16(6,7)10-18-14(21)23-15(3,4)5/h9H,8,10,17H2,1-7H3,(H,18,21). The van der Waals surface area contributed by atoms with Crippen LogP contribution >= 0.6 is 0 Å². The van der Waals surface area contributed by atoms with Gasteiger partial charge in [-0.1, -0.05) is 0 Å². The Hall–Kier alpha value is -2.05. The molecule has 0 saturated heterocycles.